The van der Waals surface area contributed by atoms with Crippen LogP contribution in [0.2, 0.25) is 0 Å². The molecule has 1 amide bonds. The molecule has 3 N–H and O–H groups in total. The van der Waals surface area contributed by atoms with Crippen LogP contribution in [-0.4, -0.2) is 25.1 Å². The predicted molar refractivity (Wildman–Crippen MR) is 86.4 cm³/mol. The van der Waals surface area contributed by atoms with E-state index in [2.05, 4.69) is 5.32 Å². The molecule has 2 aromatic rings. The summed E-state index contributed by atoms with van der Waals surface area (Å²) < 4.78 is 19.5. The predicted octanol–water partition coefficient (Wildman–Crippen LogP) is 2.47. The first-order chi connectivity index (χ1) is 11.1. The summed E-state index contributed by atoms with van der Waals surface area (Å²) in [5.41, 5.74) is 8.20. The fourth-order valence-corrected chi connectivity index (χ4v) is 2.78. The van der Waals surface area contributed by atoms with Gasteiger partial charge in [-0.2, -0.15) is 0 Å². The van der Waals surface area contributed by atoms with Crippen molar-refractivity contribution in [2.45, 2.75) is 19.1 Å². The van der Waals surface area contributed by atoms with Crippen LogP contribution in [0.4, 0.5) is 4.39 Å². The molecule has 0 aromatic heterocycles. The Balaban J connectivity index is 1.88. The molecule has 0 aliphatic carbocycles. The van der Waals surface area contributed by atoms with Crippen LogP contribution in [0, 0.1) is 5.82 Å². The zero-order valence-electron chi connectivity index (χ0n) is 12.7. The summed E-state index contributed by atoms with van der Waals surface area (Å²) in [6.07, 6.45) is 1.12. The maximum Gasteiger partial charge on any atom is 0.248 e. The van der Waals surface area contributed by atoms with Gasteiger partial charge >= 0.3 is 0 Å². The molecule has 1 atom stereocenters. The summed E-state index contributed by atoms with van der Waals surface area (Å²) in [6, 6.07) is 11.6. The average molecular weight is 314 g/mol. The van der Waals surface area contributed by atoms with Crippen LogP contribution in [-0.2, 0) is 11.3 Å². The van der Waals surface area contributed by atoms with Gasteiger partial charge in [0.15, 0.2) is 0 Å². The van der Waals surface area contributed by atoms with Gasteiger partial charge in [-0.25, -0.2) is 4.39 Å². The van der Waals surface area contributed by atoms with Crippen molar-refractivity contribution in [2.24, 2.45) is 5.73 Å². The van der Waals surface area contributed by atoms with Gasteiger partial charge in [0, 0.05) is 12.1 Å². The van der Waals surface area contributed by atoms with Crippen molar-refractivity contribution in [2.75, 3.05) is 13.1 Å². The van der Waals surface area contributed by atoms with E-state index in [1.165, 1.54) is 12.1 Å². The Bertz CT molecular complexity index is 712. The number of nitrogens with two attached hydrogens (primary N) is 1. The molecule has 0 saturated carbocycles. The number of carbonyl (C=O) groups is 1. The van der Waals surface area contributed by atoms with Gasteiger partial charge in [0.05, 0.1) is 12.7 Å². The second-order valence-electron chi connectivity index (χ2n) is 5.67. The van der Waals surface area contributed by atoms with Gasteiger partial charge in [-0.15, -0.1) is 0 Å². The Labute approximate surface area is 134 Å². The lowest BCUT2D eigenvalue weighted by molar-refractivity contribution is 0.0543. The summed E-state index contributed by atoms with van der Waals surface area (Å²) in [5.74, 6) is -0.785. The van der Waals surface area contributed by atoms with Crippen molar-refractivity contribution in [1.82, 2.24) is 5.32 Å². The lowest BCUT2D eigenvalue weighted by atomic mass is 9.98. The topological polar surface area (TPSA) is 64.4 Å². The SMILES string of the molecule is NC(=O)c1cccc(-c2ccc(F)cc2CO[C@H]2CCNC2)c1. The van der Waals surface area contributed by atoms with Crippen molar-refractivity contribution >= 4 is 5.91 Å². The Morgan fingerprint density at radius 3 is 2.91 bits per heavy atom. The van der Waals surface area contributed by atoms with E-state index in [0.717, 1.165) is 36.2 Å². The Morgan fingerprint density at radius 1 is 1.30 bits per heavy atom. The maximum atomic E-state index is 13.6. The molecular formula is C18H19FN2O2. The number of carbonyl (C=O) groups excluding carboxylic acids is 1. The van der Waals surface area contributed by atoms with Gasteiger partial charge in [0.2, 0.25) is 5.91 Å². The third kappa shape index (κ3) is 3.75. The molecule has 1 aliphatic heterocycles. The van der Waals surface area contributed by atoms with Crippen molar-refractivity contribution in [3.8, 4) is 11.1 Å². The van der Waals surface area contributed by atoms with E-state index in [9.17, 15) is 9.18 Å². The minimum atomic E-state index is -0.483. The van der Waals surface area contributed by atoms with Crippen LogP contribution < -0.4 is 11.1 Å². The fraction of sp³-hybridized carbons (Fsp3) is 0.278. The summed E-state index contributed by atoms with van der Waals surface area (Å²) in [7, 11) is 0. The Morgan fingerprint density at radius 2 is 2.17 bits per heavy atom. The lowest BCUT2D eigenvalue weighted by Crippen LogP contribution is -2.16. The van der Waals surface area contributed by atoms with Crippen molar-refractivity contribution < 1.29 is 13.9 Å². The first-order valence-electron chi connectivity index (χ1n) is 7.64. The van der Waals surface area contributed by atoms with Gasteiger partial charge in [0.1, 0.15) is 5.82 Å². The zero-order valence-corrected chi connectivity index (χ0v) is 12.7. The monoisotopic (exact) mass is 314 g/mol. The molecular weight excluding hydrogens is 295 g/mol. The van der Waals surface area contributed by atoms with E-state index >= 15 is 0 Å². The Hall–Kier alpha value is -2.24. The number of primary amides is 1. The minimum absolute atomic E-state index is 0.156. The summed E-state index contributed by atoms with van der Waals surface area (Å²) >= 11 is 0. The number of nitrogens with one attached hydrogen (secondary N) is 1. The first kappa shape index (κ1) is 15.6. The second-order valence-corrected chi connectivity index (χ2v) is 5.67. The number of hydrogen-bond acceptors (Lipinski definition) is 3. The summed E-state index contributed by atoms with van der Waals surface area (Å²) in [6.45, 7) is 2.10. The van der Waals surface area contributed by atoms with E-state index in [0.29, 0.717) is 12.2 Å². The molecule has 1 heterocycles. The smallest absolute Gasteiger partial charge is 0.248 e. The molecule has 1 fully saturated rings. The number of ether oxygens (including phenoxy) is 1. The van der Waals surface area contributed by atoms with Crippen molar-refractivity contribution in [3.63, 3.8) is 0 Å². The second kappa shape index (κ2) is 6.89. The molecule has 2 aromatic carbocycles. The van der Waals surface area contributed by atoms with Crippen molar-refractivity contribution in [3.05, 3.63) is 59.4 Å². The molecule has 4 nitrogen and oxygen atoms in total. The molecule has 1 aliphatic rings. The molecule has 23 heavy (non-hydrogen) atoms. The number of benzene rings is 2. The van der Waals surface area contributed by atoms with Crippen LogP contribution >= 0.6 is 0 Å². The summed E-state index contributed by atoms with van der Waals surface area (Å²) in [4.78, 5) is 11.4. The largest absolute Gasteiger partial charge is 0.372 e. The number of amides is 1. The number of hydrogen-bond donors (Lipinski definition) is 2. The van der Waals surface area contributed by atoms with Crippen molar-refractivity contribution in [1.29, 1.82) is 0 Å². The van der Waals surface area contributed by atoms with Crippen LogP contribution in [0.15, 0.2) is 42.5 Å². The van der Waals surface area contributed by atoms with E-state index in [4.69, 9.17) is 10.5 Å². The Kier molecular flexibility index (Phi) is 4.69. The van der Waals surface area contributed by atoms with E-state index in [-0.39, 0.29) is 11.9 Å². The highest BCUT2D eigenvalue weighted by atomic mass is 19.1. The third-order valence-corrected chi connectivity index (χ3v) is 4.02. The molecule has 0 radical (unpaired) electrons. The van der Waals surface area contributed by atoms with E-state index < -0.39 is 5.91 Å². The highest BCUT2D eigenvalue weighted by Crippen LogP contribution is 2.26. The first-order valence-corrected chi connectivity index (χ1v) is 7.64. The van der Waals surface area contributed by atoms with E-state index in [1.807, 2.05) is 6.07 Å². The van der Waals surface area contributed by atoms with Gasteiger partial charge in [-0.3, -0.25) is 4.79 Å². The molecule has 0 unspecified atom stereocenters. The normalized spacial score (nSPS) is 17.3. The highest BCUT2D eigenvalue weighted by molar-refractivity contribution is 5.94. The van der Waals surface area contributed by atoms with Crippen LogP contribution in [0.3, 0.4) is 0 Å². The molecule has 120 valence electrons. The quantitative estimate of drug-likeness (QED) is 0.891. The zero-order chi connectivity index (χ0) is 16.2. The lowest BCUT2D eigenvalue weighted by Gasteiger charge is -2.14. The van der Waals surface area contributed by atoms with Gasteiger partial charge < -0.3 is 15.8 Å². The van der Waals surface area contributed by atoms with E-state index in [1.54, 1.807) is 24.3 Å². The molecule has 1 saturated heterocycles. The average Bonchev–Trinajstić information content (AvgIpc) is 3.06. The number of rotatable bonds is 5. The van der Waals surface area contributed by atoms with Gasteiger partial charge in [0.25, 0.3) is 0 Å². The van der Waals surface area contributed by atoms with Gasteiger partial charge in [-0.05, 0) is 53.9 Å². The summed E-state index contributed by atoms with van der Waals surface area (Å²) in [5, 5.41) is 3.24. The van der Waals surface area contributed by atoms with Crippen LogP contribution in [0.1, 0.15) is 22.3 Å². The molecule has 3 rings (SSSR count). The van der Waals surface area contributed by atoms with Gasteiger partial charge in [-0.1, -0.05) is 18.2 Å². The molecule has 5 heteroatoms. The minimum Gasteiger partial charge on any atom is -0.372 e. The maximum absolute atomic E-state index is 13.6. The van der Waals surface area contributed by atoms with Crippen LogP contribution in [0.25, 0.3) is 11.1 Å². The molecule has 0 bridgehead atoms. The third-order valence-electron chi connectivity index (χ3n) is 4.02. The highest BCUT2D eigenvalue weighted by Gasteiger charge is 2.16. The standard InChI is InChI=1S/C18H19FN2O2/c19-15-4-5-17(12-2-1-3-13(8-12)18(20)22)14(9-15)11-23-16-6-7-21-10-16/h1-5,8-9,16,21H,6-7,10-11H2,(H2,20,22)/t16-/m0/s1. The molecule has 0 spiro atoms. The van der Waals surface area contributed by atoms with Crippen LogP contribution in [0.5, 0.6) is 0 Å². The number of halogens is 1. The fourth-order valence-electron chi connectivity index (χ4n) is 2.78.